The van der Waals surface area contributed by atoms with Crippen LogP contribution in [0.3, 0.4) is 0 Å². The van der Waals surface area contributed by atoms with Gasteiger partial charge in [0.15, 0.2) is 5.82 Å². The number of unbranched alkanes of at least 4 members (excludes halogenated alkanes) is 5. The van der Waals surface area contributed by atoms with Crippen molar-refractivity contribution in [1.82, 2.24) is 9.97 Å². The Kier molecular flexibility index (Phi) is 7.86. The maximum absolute atomic E-state index is 4.91. The standard InChI is InChI=1S/C25H36N2/c1-3-5-6-7-8-9-11-21-14-17-24-23(18-21)19-26-25(27-24)22-15-12-20(10-4-2)13-16-22/h12-13,15-16,19,21H,3-11,14,17-18H2,1-2H3. The minimum atomic E-state index is 0.839. The molecule has 0 fully saturated rings. The third-order valence-electron chi connectivity index (χ3n) is 5.97. The first kappa shape index (κ1) is 20.0. The lowest BCUT2D eigenvalue weighted by atomic mass is 9.84. The Morgan fingerprint density at radius 3 is 2.48 bits per heavy atom. The van der Waals surface area contributed by atoms with Crippen molar-refractivity contribution in [2.24, 2.45) is 5.92 Å². The second-order valence-electron chi connectivity index (χ2n) is 8.28. The maximum Gasteiger partial charge on any atom is 0.159 e. The van der Waals surface area contributed by atoms with E-state index >= 15 is 0 Å². The van der Waals surface area contributed by atoms with Crippen LogP contribution >= 0.6 is 0 Å². The summed E-state index contributed by atoms with van der Waals surface area (Å²) in [6, 6.07) is 8.80. The minimum absolute atomic E-state index is 0.839. The summed E-state index contributed by atoms with van der Waals surface area (Å²) in [5.74, 6) is 1.73. The fraction of sp³-hybridized carbons (Fsp3) is 0.600. The number of rotatable bonds is 10. The third kappa shape index (κ3) is 5.89. The quantitative estimate of drug-likeness (QED) is 0.426. The fourth-order valence-electron chi connectivity index (χ4n) is 4.29. The van der Waals surface area contributed by atoms with E-state index in [2.05, 4.69) is 44.3 Å². The molecule has 0 bridgehead atoms. The van der Waals surface area contributed by atoms with Crippen molar-refractivity contribution in [3.63, 3.8) is 0 Å². The van der Waals surface area contributed by atoms with Gasteiger partial charge in [-0.25, -0.2) is 9.97 Å². The molecule has 0 saturated carbocycles. The Hall–Kier alpha value is -1.70. The molecule has 2 heteroatoms. The zero-order valence-electron chi connectivity index (χ0n) is 17.3. The molecule has 2 aromatic rings. The lowest BCUT2D eigenvalue weighted by Gasteiger charge is -2.24. The summed E-state index contributed by atoms with van der Waals surface area (Å²) in [6.07, 6.45) is 17.8. The molecule has 1 aromatic carbocycles. The lowest BCUT2D eigenvalue weighted by molar-refractivity contribution is 0.400. The molecule has 0 spiro atoms. The molecule has 0 saturated heterocycles. The highest BCUT2D eigenvalue weighted by Crippen LogP contribution is 2.29. The van der Waals surface area contributed by atoms with Gasteiger partial charge >= 0.3 is 0 Å². The van der Waals surface area contributed by atoms with Gasteiger partial charge in [0.2, 0.25) is 0 Å². The molecule has 2 nitrogen and oxygen atoms in total. The molecule has 0 radical (unpaired) electrons. The molecule has 0 amide bonds. The second-order valence-corrected chi connectivity index (χ2v) is 8.28. The Bertz CT molecular complexity index is 690. The van der Waals surface area contributed by atoms with Crippen LogP contribution in [-0.4, -0.2) is 9.97 Å². The summed E-state index contributed by atoms with van der Waals surface area (Å²) >= 11 is 0. The van der Waals surface area contributed by atoms with Crippen LogP contribution in [0.1, 0.15) is 88.5 Å². The molecule has 27 heavy (non-hydrogen) atoms. The fourth-order valence-corrected chi connectivity index (χ4v) is 4.29. The zero-order valence-corrected chi connectivity index (χ0v) is 17.3. The van der Waals surface area contributed by atoms with E-state index in [4.69, 9.17) is 9.97 Å². The molecule has 1 aliphatic rings. The average Bonchev–Trinajstić information content (AvgIpc) is 2.71. The number of nitrogens with zero attached hydrogens (tertiary/aromatic N) is 2. The molecule has 1 atom stereocenters. The molecule has 3 rings (SSSR count). The third-order valence-corrected chi connectivity index (χ3v) is 5.97. The summed E-state index contributed by atoms with van der Waals surface area (Å²) in [7, 11) is 0. The van der Waals surface area contributed by atoms with Crippen molar-refractivity contribution in [2.45, 2.75) is 90.9 Å². The van der Waals surface area contributed by atoms with E-state index < -0.39 is 0 Å². The van der Waals surface area contributed by atoms with E-state index in [1.807, 2.05) is 0 Å². The van der Waals surface area contributed by atoms with Gasteiger partial charge in [-0.05, 0) is 42.7 Å². The number of hydrogen-bond acceptors (Lipinski definition) is 2. The van der Waals surface area contributed by atoms with Gasteiger partial charge in [0.25, 0.3) is 0 Å². The first-order valence-corrected chi connectivity index (χ1v) is 11.2. The van der Waals surface area contributed by atoms with Gasteiger partial charge in [-0.3, -0.25) is 0 Å². The highest BCUT2D eigenvalue weighted by molar-refractivity contribution is 5.55. The van der Waals surface area contributed by atoms with Crippen LogP contribution in [-0.2, 0) is 19.3 Å². The summed E-state index contributed by atoms with van der Waals surface area (Å²) in [5, 5.41) is 0. The van der Waals surface area contributed by atoms with Crippen molar-refractivity contribution in [2.75, 3.05) is 0 Å². The molecule has 0 aliphatic heterocycles. The van der Waals surface area contributed by atoms with Gasteiger partial charge in [-0.1, -0.05) is 89.5 Å². The monoisotopic (exact) mass is 364 g/mol. The van der Waals surface area contributed by atoms with Crippen molar-refractivity contribution < 1.29 is 0 Å². The summed E-state index contributed by atoms with van der Waals surface area (Å²) in [5.41, 5.74) is 5.23. The van der Waals surface area contributed by atoms with Crippen LogP contribution in [0.25, 0.3) is 11.4 Å². The highest BCUT2D eigenvalue weighted by atomic mass is 14.9. The van der Waals surface area contributed by atoms with E-state index in [1.54, 1.807) is 0 Å². The molecular weight excluding hydrogens is 328 g/mol. The number of benzene rings is 1. The predicted molar refractivity (Wildman–Crippen MR) is 115 cm³/mol. The van der Waals surface area contributed by atoms with Crippen LogP contribution in [0.2, 0.25) is 0 Å². The Labute approximate surface area is 165 Å². The van der Waals surface area contributed by atoms with Crippen LogP contribution < -0.4 is 0 Å². The number of hydrogen-bond donors (Lipinski definition) is 0. The summed E-state index contributed by atoms with van der Waals surface area (Å²) in [4.78, 5) is 9.60. The zero-order chi connectivity index (χ0) is 18.9. The van der Waals surface area contributed by atoms with Crippen molar-refractivity contribution in [1.29, 1.82) is 0 Å². The van der Waals surface area contributed by atoms with E-state index in [-0.39, 0.29) is 0 Å². The lowest BCUT2D eigenvalue weighted by Crippen LogP contribution is -2.16. The minimum Gasteiger partial charge on any atom is -0.236 e. The summed E-state index contributed by atoms with van der Waals surface area (Å²) < 4.78 is 0. The highest BCUT2D eigenvalue weighted by Gasteiger charge is 2.20. The maximum atomic E-state index is 4.91. The van der Waals surface area contributed by atoms with Gasteiger partial charge in [0.1, 0.15) is 0 Å². The first-order valence-electron chi connectivity index (χ1n) is 11.2. The molecule has 0 N–H and O–H groups in total. The van der Waals surface area contributed by atoms with Gasteiger partial charge in [-0.15, -0.1) is 0 Å². The molecule has 1 unspecified atom stereocenters. The van der Waals surface area contributed by atoms with E-state index in [1.165, 1.54) is 81.0 Å². The topological polar surface area (TPSA) is 25.8 Å². The normalized spacial score (nSPS) is 16.3. The number of aryl methyl sites for hydroxylation is 2. The number of aromatic nitrogens is 2. The Balaban J connectivity index is 1.53. The van der Waals surface area contributed by atoms with Crippen molar-refractivity contribution in [3.05, 3.63) is 47.3 Å². The SMILES string of the molecule is CCCCCCCCC1CCc2nc(-c3ccc(CCC)cc3)ncc2C1. The summed E-state index contributed by atoms with van der Waals surface area (Å²) in [6.45, 7) is 4.51. The number of fused-ring (bicyclic) bond motifs is 1. The van der Waals surface area contributed by atoms with Crippen molar-refractivity contribution in [3.8, 4) is 11.4 Å². The van der Waals surface area contributed by atoms with Crippen LogP contribution in [0, 0.1) is 5.92 Å². The first-order chi connectivity index (χ1) is 13.3. The second kappa shape index (κ2) is 10.6. The van der Waals surface area contributed by atoms with Crippen LogP contribution in [0.15, 0.2) is 30.5 Å². The van der Waals surface area contributed by atoms with E-state index in [9.17, 15) is 0 Å². The average molecular weight is 365 g/mol. The molecule has 1 aromatic heterocycles. The van der Waals surface area contributed by atoms with E-state index in [0.717, 1.165) is 30.1 Å². The van der Waals surface area contributed by atoms with Crippen molar-refractivity contribution >= 4 is 0 Å². The van der Waals surface area contributed by atoms with Gasteiger partial charge < -0.3 is 0 Å². The molecule has 1 aliphatic carbocycles. The van der Waals surface area contributed by atoms with Crippen LogP contribution in [0.4, 0.5) is 0 Å². The van der Waals surface area contributed by atoms with Gasteiger partial charge in [-0.2, -0.15) is 0 Å². The molecule has 1 heterocycles. The largest absolute Gasteiger partial charge is 0.236 e. The molecule has 146 valence electrons. The Morgan fingerprint density at radius 1 is 0.926 bits per heavy atom. The van der Waals surface area contributed by atoms with Gasteiger partial charge in [0, 0.05) is 17.5 Å². The smallest absolute Gasteiger partial charge is 0.159 e. The van der Waals surface area contributed by atoms with Crippen LogP contribution in [0.5, 0.6) is 0 Å². The van der Waals surface area contributed by atoms with Gasteiger partial charge in [0.05, 0.1) is 0 Å². The predicted octanol–water partition coefficient (Wildman–Crippen LogP) is 6.95. The molecular formula is C25H36N2. The Morgan fingerprint density at radius 2 is 1.70 bits per heavy atom. The van der Waals surface area contributed by atoms with E-state index in [0.29, 0.717) is 0 Å².